The van der Waals surface area contributed by atoms with Crippen molar-refractivity contribution in [1.29, 1.82) is 0 Å². The molecule has 1 saturated carbocycles. The molecule has 4 heteroatoms. The SMILES string of the molecule is O=C(O)CCC/C=C\C[C@@H]1[C@H](OC2CCCCC2)[C@@H]2CC[C@H]1O2. The number of carboxylic acids is 1. The maximum Gasteiger partial charge on any atom is 0.303 e. The van der Waals surface area contributed by atoms with E-state index in [1.54, 1.807) is 0 Å². The van der Waals surface area contributed by atoms with Crippen molar-refractivity contribution in [3.8, 4) is 0 Å². The Morgan fingerprint density at radius 3 is 2.65 bits per heavy atom. The van der Waals surface area contributed by atoms with E-state index in [1.165, 1.54) is 38.5 Å². The first kappa shape index (κ1) is 17.0. The summed E-state index contributed by atoms with van der Waals surface area (Å²) in [4.78, 5) is 10.5. The van der Waals surface area contributed by atoms with Crippen LogP contribution in [0, 0.1) is 5.92 Å². The average molecular weight is 322 g/mol. The Bertz CT molecular complexity index is 414. The molecular weight excluding hydrogens is 292 g/mol. The molecule has 2 bridgehead atoms. The van der Waals surface area contributed by atoms with Crippen LogP contribution in [0.15, 0.2) is 12.2 Å². The van der Waals surface area contributed by atoms with Gasteiger partial charge in [0.05, 0.1) is 24.4 Å². The number of hydrogen-bond acceptors (Lipinski definition) is 3. The van der Waals surface area contributed by atoms with Crippen LogP contribution in [-0.4, -0.2) is 35.5 Å². The van der Waals surface area contributed by atoms with E-state index < -0.39 is 5.97 Å². The van der Waals surface area contributed by atoms with E-state index in [0.717, 1.165) is 25.7 Å². The van der Waals surface area contributed by atoms with Crippen molar-refractivity contribution >= 4 is 5.97 Å². The molecule has 130 valence electrons. The van der Waals surface area contributed by atoms with Crippen molar-refractivity contribution in [2.45, 2.75) is 95.0 Å². The topological polar surface area (TPSA) is 55.8 Å². The third-order valence-corrected chi connectivity index (χ3v) is 5.59. The van der Waals surface area contributed by atoms with Crippen LogP contribution in [-0.2, 0) is 14.3 Å². The van der Waals surface area contributed by atoms with E-state index in [-0.39, 0.29) is 12.5 Å². The first-order valence-electron chi connectivity index (χ1n) is 9.42. The summed E-state index contributed by atoms with van der Waals surface area (Å²) in [7, 11) is 0. The van der Waals surface area contributed by atoms with Crippen molar-refractivity contribution in [2.24, 2.45) is 5.92 Å². The summed E-state index contributed by atoms with van der Waals surface area (Å²) >= 11 is 0. The predicted molar refractivity (Wildman–Crippen MR) is 88.4 cm³/mol. The number of ether oxygens (including phenoxy) is 2. The molecule has 2 aliphatic heterocycles. The van der Waals surface area contributed by atoms with Gasteiger partial charge >= 0.3 is 5.97 Å². The van der Waals surface area contributed by atoms with Gasteiger partial charge in [-0.3, -0.25) is 4.79 Å². The molecule has 0 unspecified atom stereocenters. The molecule has 0 amide bonds. The standard InChI is InChI=1S/C19H30O4/c20-18(21)11-7-2-1-6-10-15-16-12-13-17(23-16)19(15)22-14-8-4-3-5-9-14/h1,6,14-17,19H,2-5,7-13H2,(H,20,21)/b6-1-/t15-,16+,17-,19-/m0/s1. The van der Waals surface area contributed by atoms with E-state index >= 15 is 0 Å². The molecule has 3 fully saturated rings. The van der Waals surface area contributed by atoms with Crippen molar-refractivity contribution in [3.05, 3.63) is 12.2 Å². The zero-order chi connectivity index (χ0) is 16.1. The molecule has 3 aliphatic rings. The maximum absolute atomic E-state index is 10.5. The summed E-state index contributed by atoms with van der Waals surface area (Å²) in [5, 5.41) is 8.65. The monoisotopic (exact) mass is 322 g/mol. The first-order chi connectivity index (χ1) is 11.2. The number of hydrogen-bond donors (Lipinski definition) is 1. The van der Waals surface area contributed by atoms with Gasteiger partial charge in [-0.2, -0.15) is 0 Å². The smallest absolute Gasteiger partial charge is 0.303 e. The second kappa shape index (κ2) is 8.29. The van der Waals surface area contributed by atoms with Crippen LogP contribution in [0.4, 0.5) is 0 Å². The van der Waals surface area contributed by atoms with Crippen LogP contribution in [0.25, 0.3) is 0 Å². The number of allylic oxidation sites excluding steroid dienone is 2. The maximum atomic E-state index is 10.5. The number of rotatable bonds is 8. The van der Waals surface area contributed by atoms with Crippen LogP contribution >= 0.6 is 0 Å². The van der Waals surface area contributed by atoms with Crippen LogP contribution in [0.5, 0.6) is 0 Å². The first-order valence-corrected chi connectivity index (χ1v) is 9.42. The molecule has 0 aromatic heterocycles. The van der Waals surface area contributed by atoms with Crippen molar-refractivity contribution in [1.82, 2.24) is 0 Å². The van der Waals surface area contributed by atoms with E-state index in [4.69, 9.17) is 14.6 Å². The van der Waals surface area contributed by atoms with Gasteiger partial charge in [0.15, 0.2) is 0 Å². The fraction of sp³-hybridized carbons (Fsp3) is 0.842. The normalized spacial score (nSPS) is 34.4. The summed E-state index contributed by atoms with van der Waals surface area (Å²) in [5.74, 6) is -0.216. The molecule has 1 N–H and O–H groups in total. The van der Waals surface area contributed by atoms with Gasteiger partial charge in [0.1, 0.15) is 0 Å². The average Bonchev–Trinajstić information content (AvgIpc) is 3.14. The minimum Gasteiger partial charge on any atom is -0.481 e. The molecule has 0 radical (unpaired) electrons. The lowest BCUT2D eigenvalue weighted by Crippen LogP contribution is -2.38. The second-order valence-electron chi connectivity index (χ2n) is 7.31. The molecular formula is C19H30O4. The number of aliphatic carboxylic acids is 1. The molecule has 4 atom stereocenters. The summed E-state index contributed by atoms with van der Waals surface area (Å²) in [5.41, 5.74) is 0. The lowest BCUT2D eigenvalue weighted by atomic mass is 9.83. The number of fused-ring (bicyclic) bond motifs is 2. The fourth-order valence-electron chi connectivity index (χ4n) is 4.37. The number of carbonyl (C=O) groups is 1. The van der Waals surface area contributed by atoms with Crippen molar-refractivity contribution in [3.63, 3.8) is 0 Å². The Kier molecular flexibility index (Phi) is 6.12. The van der Waals surface area contributed by atoms with Gasteiger partial charge in [0.25, 0.3) is 0 Å². The van der Waals surface area contributed by atoms with Crippen LogP contribution in [0.3, 0.4) is 0 Å². The zero-order valence-corrected chi connectivity index (χ0v) is 14.0. The minimum absolute atomic E-state index is 0.259. The summed E-state index contributed by atoms with van der Waals surface area (Å²) < 4.78 is 12.6. The third kappa shape index (κ3) is 4.57. The van der Waals surface area contributed by atoms with Gasteiger partial charge in [0, 0.05) is 12.3 Å². The van der Waals surface area contributed by atoms with Gasteiger partial charge in [-0.25, -0.2) is 0 Å². The Morgan fingerprint density at radius 2 is 1.87 bits per heavy atom. The highest BCUT2D eigenvalue weighted by atomic mass is 16.6. The Hall–Kier alpha value is -0.870. The zero-order valence-electron chi connectivity index (χ0n) is 14.0. The highest BCUT2D eigenvalue weighted by Gasteiger charge is 2.49. The summed E-state index contributed by atoms with van der Waals surface area (Å²) in [6, 6.07) is 0. The van der Waals surface area contributed by atoms with Crippen LogP contribution in [0.1, 0.15) is 70.6 Å². The Balaban J connectivity index is 1.46. The molecule has 0 aromatic rings. The molecule has 2 heterocycles. The largest absolute Gasteiger partial charge is 0.481 e. The number of unbranched alkanes of at least 4 members (excludes halogenated alkanes) is 1. The van der Waals surface area contributed by atoms with Gasteiger partial charge < -0.3 is 14.6 Å². The Labute approximate surface area is 139 Å². The van der Waals surface area contributed by atoms with Gasteiger partial charge in [-0.15, -0.1) is 0 Å². The highest BCUT2D eigenvalue weighted by Crippen LogP contribution is 2.43. The van der Waals surface area contributed by atoms with E-state index in [0.29, 0.717) is 24.2 Å². The molecule has 1 aliphatic carbocycles. The van der Waals surface area contributed by atoms with E-state index in [1.807, 2.05) is 0 Å². The minimum atomic E-state index is -0.708. The molecule has 23 heavy (non-hydrogen) atoms. The van der Waals surface area contributed by atoms with E-state index in [9.17, 15) is 4.79 Å². The molecule has 4 nitrogen and oxygen atoms in total. The molecule has 0 spiro atoms. The fourth-order valence-corrected chi connectivity index (χ4v) is 4.37. The van der Waals surface area contributed by atoms with Crippen LogP contribution in [0.2, 0.25) is 0 Å². The van der Waals surface area contributed by atoms with E-state index in [2.05, 4.69) is 12.2 Å². The van der Waals surface area contributed by atoms with Crippen LogP contribution < -0.4 is 0 Å². The van der Waals surface area contributed by atoms with Gasteiger partial charge in [-0.1, -0.05) is 31.4 Å². The summed E-state index contributed by atoms with van der Waals surface area (Å²) in [6.07, 6.45) is 17.3. The Morgan fingerprint density at radius 1 is 1.09 bits per heavy atom. The van der Waals surface area contributed by atoms with Gasteiger partial charge in [-0.05, 0) is 44.9 Å². The molecule has 2 saturated heterocycles. The quantitative estimate of drug-likeness (QED) is 0.540. The molecule has 3 rings (SSSR count). The summed E-state index contributed by atoms with van der Waals surface area (Å²) in [6.45, 7) is 0. The van der Waals surface area contributed by atoms with Gasteiger partial charge in [0.2, 0.25) is 0 Å². The number of carboxylic acid groups (broad SMARTS) is 1. The third-order valence-electron chi connectivity index (χ3n) is 5.59. The van der Waals surface area contributed by atoms with Crippen molar-refractivity contribution < 1.29 is 19.4 Å². The predicted octanol–water partition coefficient (Wildman–Crippen LogP) is 4.08. The lowest BCUT2D eigenvalue weighted by molar-refractivity contribution is -0.137. The second-order valence-corrected chi connectivity index (χ2v) is 7.31. The molecule has 0 aromatic carbocycles. The highest BCUT2D eigenvalue weighted by molar-refractivity contribution is 5.66. The lowest BCUT2D eigenvalue weighted by Gasteiger charge is -2.32. The van der Waals surface area contributed by atoms with Crippen molar-refractivity contribution in [2.75, 3.05) is 0 Å².